The highest BCUT2D eigenvalue weighted by atomic mass is 16.5. The smallest absolute Gasteiger partial charge is 0.411 e. The Kier molecular flexibility index (Phi) is 4.77. The van der Waals surface area contributed by atoms with Gasteiger partial charge < -0.3 is 4.74 Å². The second-order valence-electron chi connectivity index (χ2n) is 4.69. The molecule has 3 nitrogen and oxygen atoms in total. The summed E-state index contributed by atoms with van der Waals surface area (Å²) in [5, 5.41) is 2.77. The molecule has 0 saturated carbocycles. The molecule has 0 bridgehead atoms. The Balaban J connectivity index is 1.91. The fourth-order valence-electron chi connectivity index (χ4n) is 1.96. The van der Waals surface area contributed by atoms with Crippen LogP contribution >= 0.6 is 0 Å². The number of hydrogen-bond donors (Lipinski definition) is 1. The molecule has 20 heavy (non-hydrogen) atoms. The normalized spacial score (nSPS) is 10.1. The topological polar surface area (TPSA) is 38.3 Å². The maximum atomic E-state index is 11.8. The summed E-state index contributed by atoms with van der Waals surface area (Å²) in [5.74, 6) is 0. The highest BCUT2D eigenvalue weighted by Crippen LogP contribution is 2.17. The average Bonchev–Trinajstić information content (AvgIpc) is 2.48. The van der Waals surface area contributed by atoms with Crippen LogP contribution in [-0.2, 0) is 17.8 Å². The minimum Gasteiger partial charge on any atom is -0.444 e. The van der Waals surface area contributed by atoms with Gasteiger partial charge in [0.25, 0.3) is 0 Å². The Morgan fingerprint density at radius 2 is 1.85 bits per heavy atom. The van der Waals surface area contributed by atoms with Crippen LogP contribution in [0.4, 0.5) is 10.5 Å². The molecule has 1 amide bonds. The van der Waals surface area contributed by atoms with E-state index in [2.05, 4.69) is 18.3 Å². The van der Waals surface area contributed by atoms with Crippen LogP contribution in [0, 0.1) is 6.92 Å². The standard InChI is InChI=1S/C17H19NO2/c1-3-14-9-10-16(13(2)11-14)18-17(19)20-12-15-7-5-4-6-8-15/h4-11H,3,12H2,1-2H3,(H,18,19). The van der Waals surface area contributed by atoms with Crippen LogP contribution in [0.15, 0.2) is 48.5 Å². The van der Waals surface area contributed by atoms with Gasteiger partial charge in [-0.1, -0.05) is 49.4 Å². The molecule has 0 aliphatic carbocycles. The number of benzene rings is 2. The molecule has 0 spiro atoms. The number of anilines is 1. The number of ether oxygens (including phenoxy) is 1. The van der Waals surface area contributed by atoms with E-state index in [1.165, 1.54) is 5.56 Å². The van der Waals surface area contributed by atoms with Crippen molar-refractivity contribution in [2.45, 2.75) is 26.9 Å². The molecule has 0 radical (unpaired) electrons. The highest BCUT2D eigenvalue weighted by molar-refractivity contribution is 5.85. The van der Waals surface area contributed by atoms with Crippen LogP contribution in [-0.4, -0.2) is 6.09 Å². The molecule has 2 aromatic rings. The lowest BCUT2D eigenvalue weighted by molar-refractivity contribution is 0.155. The molecule has 0 aliphatic rings. The van der Waals surface area contributed by atoms with Crippen LogP contribution in [0.1, 0.15) is 23.6 Å². The van der Waals surface area contributed by atoms with Crippen molar-refractivity contribution in [2.75, 3.05) is 5.32 Å². The fraction of sp³-hybridized carbons (Fsp3) is 0.235. The van der Waals surface area contributed by atoms with Crippen molar-refractivity contribution in [2.24, 2.45) is 0 Å². The third-order valence-electron chi connectivity index (χ3n) is 3.15. The molecule has 2 rings (SSSR count). The number of amides is 1. The predicted molar refractivity (Wildman–Crippen MR) is 80.8 cm³/mol. The Hall–Kier alpha value is -2.29. The highest BCUT2D eigenvalue weighted by Gasteiger charge is 2.06. The molecular weight excluding hydrogens is 250 g/mol. The van der Waals surface area contributed by atoms with Crippen LogP contribution in [0.5, 0.6) is 0 Å². The van der Waals surface area contributed by atoms with E-state index in [1.54, 1.807) is 0 Å². The minimum absolute atomic E-state index is 0.277. The number of carbonyl (C=O) groups is 1. The molecule has 0 saturated heterocycles. The first-order valence-electron chi connectivity index (χ1n) is 6.76. The van der Waals surface area contributed by atoms with E-state index in [0.717, 1.165) is 23.2 Å². The van der Waals surface area contributed by atoms with Gasteiger partial charge in [0.1, 0.15) is 6.61 Å². The number of carbonyl (C=O) groups excluding carboxylic acids is 1. The van der Waals surface area contributed by atoms with Crippen molar-refractivity contribution in [3.8, 4) is 0 Å². The van der Waals surface area contributed by atoms with E-state index in [4.69, 9.17) is 4.74 Å². The van der Waals surface area contributed by atoms with Crippen molar-refractivity contribution < 1.29 is 9.53 Å². The molecule has 0 atom stereocenters. The zero-order valence-electron chi connectivity index (χ0n) is 11.8. The summed E-state index contributed by atoms with van der Waals surface area (Å²) >= 11 is 0. The summed E-state index contributed by atoms with van der Waals surface area (Å²) < 4.78 is 5.19. The van der Waals surface area contributed by atoms with E-state index in [-0.39, 0.29) is 6.61 Å². The summed E-state index contributed by atoms with van der Waals surface area (Å²) in [7, 11) is 0. The third-order valence-corrected chi connectivity index (χ3v) is 3.15. The molecule has 104 valence electrons. The van der Waals surface area contributed by atoms with E-state index < -0.39 is 6.09 Å². The number of aryl methyl sites for hydroxylation is 2. The van der Waals surface area contributed by atoms with Crippen molar-refractivity contribution in [3.63, 3.8) is 0 Å². The predicted octanol–water partition coefficient (Wildman–Crippen LogP) is 4.31. The van der Waals surface area contributed by atoms with Crippen molar-refractivity contribution in [1.82, 2.24) is 0 Å². The zero-order chi connectivity index (χ0) is 14.4. The first-order chi connectivity index (χ1) is 9.69. The van der Waals surface area contributed by atoms with Gasteiger partial charge in [0.2, 0.25) is 0 Å². The quantitative estimate of drug-likeness (QED) is 0.898. The molecule has 0 heterocycles. The summed E-state index contributed by atoms with van der Waals surface area (Å²) in [5.41, 5.74) is 4.06. The van der Waals surface area contributed by atoms with Crippen molar-refractivity contribution in [1.29, 1.82) is 0 Å². The summed E-state index contributed by atoms with van der Waals surface area (Å²) in [6.07, 6.45) is 0.556. The van der Waals surface area contributed by atoms with Crippen LogP contribution < -0.4 is 5.32 Å². The van der Waals surface area contributed by atoms with Gasteiger partial charge >= 0.3 is 6.09 Å². The van der Waals surface area contributed by atoms with Gasteiger partial charge in [-0.2, -0.15) is 0 Å². The van der Waals surface area contributed by atoms with Gasteiger partial charge in [-0.3, -0.25) is 5.32 Å². The summed E-state index contributed by atoms with van der Waals surface area (Å²) in [6.45, 7) is 4.36. The van der Waals surface area contributed by atoms with Crippen LogP contribution in [0.3, 0.4) is 0 Å². The largest absolute Gasteiger partial charge is 0.444 e. The third kappa shape index (κ3) is 3.85. The van der Waals surface area contributed by atoms with Gasteiger partial charge in [-0.25, -0.2) is 4.79 Å². The molecule has 2 aromatic carbocycles. The molecular formula is C17H19NO2. The number of rotatable bonds is 4. The first kappa shape index (κ1) is 14.1. The zero-order valence-corrected chi connectivity index (χ0v) is 11.8. The van der Waals surface area contributed by atoms with E-state index in [9.17, 15) is 4.79 Å². The van der Waals surface area contributed by atoms with E-state index in [1.807, 2.05) is 49.4 Å². The lowest BCUT2D eigenvalue weighted by Gasteiger charge is -2.10. The maximum Gasteiger partial charge on any atom is 0.411 e. The molecule has 0 unspecified atom stereocenters. The van der Waals surface area contributed by atoms with Gasteiger partial charge in [0.05, 0.1) is 0 Å². The monoisotopic (exact) mass is 269 g/mol. The number of nitrogens with one attached hydrogen (secondary N) is 1. The SMILES string of the molecule is CCc1ccc(NC(=O)OCc2ccccc2)c(C)c1. The lowest BCUT2D eigenvalue weighted by Crippen LogP contribution is -2.14. The van der Waals surface area contributed by atoms with Crippen LogP contribution in [0.2, 0.25) is 0 Å². The Morgan fingerprint density at radius 1 is 1.10 bits per heavy atom. The average molecular weight is 269 g/mol. The molecule has 0 fully saturated rings. The second kappa shape index (κ2) is 6.75. The molecule has 1 N–H and O–H groups in total. The van der Waals surface area contributed by atoms with Crippen LogP contribution in [0.25, 0.3) is 0 Å². The Morgan fingerprint density at radius 3 is 2.50 bits per heavy atom. The minimum atomic E-state index is -0.429. The molecule has 0 aliphatic heterocycles. The maximum absolute atomic E-state index is 11.8. The summed E-state index contributed by atoms with van der Waals surface area (Å²) in [6, 6.07) is 15.6. The Bertz CT molecular complexity index is 579. The van der Waals surface area contributed by atoms with Gasteiger partial charge in [0, 0.05) is 5.69 Å². The lowest BCUT2D eigenvalue weighted by atomic mass is 10.1. The van der Waals surface area contributed by atoms with Gasteiger partial charge in [-0.15, -0.1) is 0 Å². The van der Waals surface area contributed by atoms with Gasteiger partial charge in [-0.05, 0) is 36.1 Å². The molecule has 0 aromatic heterocycles. The van der Waals surface area contributed by atoms with E-state index >= 15 is 0 Å². The second-order valence-corrected chi connectivity index (χ2v) is 4.69. The van der Waals surface area contributed by atoms with Crippen molar-refractivity contribution >= 4 is 11.8 Å². The Labute approximate surface area is 119 Å². The van der Waals surface area contributed by atoms with E-state index in [0.29, 0.717) is 0 Å². The number of hydrogen-bond acceptors (Lipinski definition) is 2. The molecule has 3 heteroatoms. The fourth-order valence-corrected chi connectivity index (χ4v) is 1.96. The first-order valence-corrected chi connectivity index (χ1v) is 6.76. The van der Waals surface area contributed by atoms with Gasteiger partial charge in [0.15, 0.2) is 0 Å². The summed E-state index contributed by atoms with van der Waals surface area (Å²) in [4.78, 5) is 11.8. The van der Waals surface area contributed by atoms with Crippen molar-refractivity contribution in [3.05, 3.63) is 65.2 Å².